The first-order valence-corrected chi connectivity index (χ1v) is 6.96. The lowest BCUT2D eigenvalue weighted by Crippen LogP contribution is -2.23. The lowest BCUT2D eigenvalue weighted by Gasteiger charge is -2.17. The van der Waals surface area contributed by atoms with Crippen LogP contribution >= 0.6 is 0 Å². The van der Waals surface area contributed by atoms with Gasteiger partial charge in [0, 0.05) is 6.42 Å². The van der Waals surface area contributed by atoms with Crippen molar-refractivity contribution in [3.8, 4) is 0 Å². The fourth-order valence-electron chi connectivity index (χ4n) is 2.58. The van der Waals surface area contributed by atoms with E-state index < -0.39 is 5.41 Å². The van der Waals surface area contributed by atoms with E-state index in [0.717, 1.165) is 24.0 Å². The first-order valence-electron chi connectivity index (χ1n) is 6.96. The van der Waals surface area contributed by atoms with E-state index >= 15 is 0 Å². The van der Waals surface area contributed by atoms with E-state index in [0.29, 0.717) is 19.4 Å². The average molecular weight is 276 g/mol. The van der Waals surface area contributed by atoms with Crippen molar-refractivity contribution in [2.75, 3.05) is 13.7 Å². The fraction of sp³-hybridized carbons (Fsp3) is 0.500. The topological polar surface area (TPSA) is 52.6 Å². The van der Waals surface area contributed by atoms with Crippen molar-refractivity contribution in [1.29, 1.82) is 0 Å². The highest BCUT2D eigenvalue weighted by Crippen LogP contribution is 2.50. The summed E-state index contributed by atoms with van der Waals surface area (Å²) in [5.74, 6) is -0.383. The maximum Gasteiger partial charge on any atom is 0.316 e. The van der Waals surface area contributed by atoms with E-state index in [-0.39, 0.29) is 11.9 Å². The van der Waals surface area contributed by atoms with Crippen LogP contribution in [0.15, 0.2) is 24.3 Å². The SMILES string of the molecule is CCOC(=O)CCc1ccccc1C1(C(=O)OC)CC1. The van der Waals surface area contributed by atoms with Gasteiger partial charge in [-0.15, -0.1) is 0 Å². The minimum absolute atomic E-state index is 0.180. The maximum atomic E-state index is 12.0. The average Bonchev–Trinajstić information content (AvgIpc) is 3.26. The Hall–Kier alpha value is -1.84. The second-order valence-electron chi connectivity index (χ2n) is 5.04. The summed E-state index contributed by atoms with van der Waals surface area (Å²) >= 11 is 0. The van der Waals surface area contributed by atoms with Crippen molar-refractivity contribution < 1.29 is 19.1 Å². The smallest absolute Gasteiger partial charge is 0.316 e. The molecule has 4 nitrogen and oxygen atoms in total. The van der Waals surface area contributed by atoms with Crippen LogP contribution in [0.1, 0.15) is 37.3 Å². The van der Waals surface area contributed by atoms with E-state index in [1.807, 2.05) is 24.3 Å². The van der Waals surface area contributed by atoms with Crippen molar-refractivity contribution >= 4 is 11.9 Å². The molecule has 1 aliphatic carbocycles. The molecule has 0 aromatic heterocycles. The number of methoxy groups -OCH3 is 1. The molecule has 0 atom stereocenters. The Balaban J connectivity index is 2.15. The molecule has 0 amide bonds. The summed E-state index contributed by atoms with van der Waals surface area (Å²) in [6, 6.07) is 7.78. The zero-order valence-electron chi connectivity index (χ0n) is 12.0. The number of benzene rings is 1. The van der Waals surface area contributed by atoms with Crippen LogP contribution in [-0.2, 0) is 30.9 Å². The van der Waals surface area contributed by atoms with E-state index in [1.54, 1.807) is 6.92 Å². The maximum absolute atomic E-state index is 12.0. The predicted octanol–water partition coefficient (Wildman–Crippen LogP) is 2.39. The molecule has 20 heavy (non-hydrogen) atoms. The molecule has 1 fully saturated rings. The highest BCUT2D eigenvalue weighted by atomic mass is 16.5. The number of carbonyl (C=O) groups is 2. The molecule has 0 bridgehead atoms. The summed E-state index contributed by atoms with van der Waals surface area (Å²) < 4.78 is 9.86. The molecular weight excluding hydrogens is 256 g/mol. The standard InChI is InChI=1S/C16H20O4/c1-3-20-14(17)9-8-12-6-4-5-7-13(12)16(10-11-16)15(18)19-2/h4-7H,3,8-11H2,1-2H3. The summed E-state index contributed by atoms with van der Waals surface area (Å²) in [6.45, 7) is 2.19. The Kier molecular flexibility index (Phi) is 4.42. The molecule has 108 valence electrons. The molecule has 2 rings (SSSR count). The summed E-state index contributed by atoms with van der Waals surface area (Å²) in [4.78, 5) is 23.4. The molecular formula is C16H20O4. The molecule has 0 aliphatic heterocycles. The van der Waals surface area contributed by atoms with Crippen LogP contribution in [0, 0.1) is 0 Å². The molecule has 0 spiro atoms. The largest absolute Gasteiger partial charge is 0.468 e. The first-order chi connectivity index (χ1) is 9.64. The number of rotatable bonds is 6. The Labute approximate surface area is 119 Å². The Morgan fingerprint density at radius 1 is 1.25 bits per heavy atom. The molecule has 0 heterocycles. The third-order valence-corrected chi connectivity index (χ3v) is 3.76. The van der Waals surface area contributed by atoms with E-state index in [4.69, 9.17) is 9.47 Å². The van der Waals surface area contributed by atoms with Crippen LogP contribution in [-0.4, -0.2) is 25.7 Å². The lowest BCUT2D eigenvalue weighted by molar-refractivity contribution is -0.144. The molecule has 0 N–H and O–H groups in total. The van der Waals surface area contributed by atoms with Gasteiger partial charge in [-0.2, -0.15) is 0 Å². The van der Waals surface area contributed by atoms with E-state index in [9.17, 15) is 9.59 Å². The fourth-order valence-corrected chi connectivity index (χ4v) is 2.58. The number of ether oxygens (including phenoxy) is 2. The van der Waals surface area contributed by atoms with Gasteiger partial charge in [-0.25, -0.2) is 0 Å². The molecule has 1 aromatic carbocycles. The number of aryl methyl sites for hydroxylation is 1. The van der Waals surface area contributed by atoms with E-state index in [2.05, 4.69) is 0 Å². The number of hydrogen-bond acceptors (Lipinski definition) is 4. The van der Waals surface area contributed by atoms with Gasteiger partial charge in [-0.1, -0.05) is 24.3 Å². The Morgan fingerprint density at radius 3 is 2.55 bits per heavy atom. The zero-order chi connectivity index (χ0) is 14.6. The number of carbonyl (C=O) groups excluding carboxylic acids is 2. The van der Waals surface area contributed by atoms with Crippen molar-refractivity contribution in [2.24, 2.45) is 0 Å². The molecule has 0 saturated heterocycles. The van der Waals surface area contributed by atoms with Crippen LogP contribution in [0.25, 0.3) is 0 Å². The highest BCUT2D eigenvalue weighted by Gasteiger charge is 2.53. The van der Waals surface area contributed by atoms with Crippen molar-refractivity contribution in [2.45, 2.75) is 38.0 Å². The monoisotopic (exact) mass is 276 g/mol. The molecule has 1 saturated carbocycles. The molecule has 4 heteroatoms. The Morgan fingerprint density at radius 2 is 1.95 bits per heavy atom. The van der Waals surface area contributed by atoms with Gasteiger partial charge in [-0.3, -0.25) is 9.59 Å². The van der Waals surface area contributed by atoms with Gasteiger partial charge >= 0.3 is 11.9 Å². The van der Waals surface area contributed by atoms with Crippen molar-refractivity contribution in [3.63, 3.8) is 0 Å². The lowest BCUT2D eigenvalue weighted by atomic mass is 9.89. The van der Waals surface area contributed by atoms with Crippen molar-refractivity contribution in [1.82, 2.24) is 0 Å². The Bertz CT molecular complexity index is 503. The first kappa shape index (κ1) is 14.6. The van der Waals surface area contributed by atoms with E-state index in [1.165, 1.54) is 7.11 Å². The van der Waals surface area contributed by atoms with Gasteiger partial charge in [0.1, 0.15) is 0 Å². The normalized spacial score (nSPS) is 15.5. The predicted molar refractivity (Wildman–Crippen MR) is 74.3 cm³/mol. The van der Waals surface area contributed by atoms with Crippen molar-refractivity contribution in [3.05, 3.63) is 35.4 Å². The molecule has 0 unspecified atom stereocenters. The molecule has 1 aliphatic rings. The van der Waals surface area contributed by atoms with Gasteiger partial charge in [0.2, 0.25) is 0 Å². The second kappa shape index (κ2) is 6.07. The third-order valence-electron chi connectivity index (χ3n) is 3.76. The number of esters is 2. The highest BCUT2D eigenvalue weighted by molar-refractivity contribution is 5.87. The van der Waals surface area contributed by atoms with Gasteiger partial charge in [-0.05, 0) is 37.3 Å². The second-order valence-corrected chi connectivity index (χ2v) is 5.04. The van der Waals surface area contributed by atoms with Crippen LogP contribution in [0.3, 0.4) is 0 Å². The van der Waals surface area contributed by atoms with Gasteiger partial charge < -0.3 is 9.47 Å². The zero-order valence-corrected chi connectivity index (χ0v) is 12.0. The summed E-state index contributed by atoms with van der Waals surface area (Å²) in [5.41, 5.74) is 1.54. The number of hydrogen-bond donors (Lipinski definition) is 0. The van der Waals surface area contributed by atoms with Crippen LogP contribution in [0.2, 0.25) is 0 Å². The summed E-state index contributed by atoms with van der Waals surface area (Å²) in [5, 5.41) is 0. The van der Waals surface area contributed by atoms with Gasteiger partial charge in [0.25, 0.3) is 0 Å². The third kappa shape index (κ3) is 2.84. The summed E-state index contributed by atoms with van der Waals surface area (Å²) in [7, 11) is 1.42. The van der Waals surface area contributed by atoms with Crippen LogP contribution < -0.4 is 0 Å². The minimum Gasteiger partial charge on any atom is -0.468 e. The molecule has 1 aromatic rings. The van der Waals surface area contributed by atoms with Crippen LogP contribution in [0.5, 0.6) is 0 Å². The minimum atomic E-state index is -0.486. The van der Waals surface area contributed by atoms with Gasteiger partial charge in [0.15, 0.2) is 0 Å². The van der Waals surface area contributed by atoms with Gasteiger partial charge in [0.05, 0.1) is 19.1 Å². The quantitative estimate of drug-likeness (QED) is 0.749. The van der Waals surface area contributed by atoms with Crippen LogP contribution in [0.4, 0.5) is 0 Å². The molecule has 0 radical (unpaired) electrons. The summed E-state index contributed by atoms with van der Waals surface area (Å²) in [6.07, 6.45) is 2.56.